The molecule has 1 atom stereocenters. The summed E-state index contributed by atoms with van der Waals surface area (Å²) in [6.07, 6.45) is 1.00. The van der Waals surface area contributed by atoms with Gasteiger partial charge in [0.25, 0.3) is 0 Å². The average molecular weight is 379 g/mol. The maximum absolute atomic E-state index is 13.2. The lowest BCUT2D eigenvalue weighted by molar-refractivity contribution is -0.140. The summed E-state index contributed by atoms with van der Waals surface area (Å²) in [6.45, 7) is 8.81. The molecule has 0 bridgehead atoms. The topological polar surface area (TPSA) is 49.4 Å². The Kier molecular flexibility index (Phi) is 6.18. The van der Waals surface area contributed by atoms with Gasteiger partial charge in [-0.3, -0.25) is 9.59 Å². The monoisotopic (exact) mass is 378 g/mol. The highest BCUT2D eigenvalue weighted by Gasteiger charge is 2.34. The van der Waals surface area contributed by atoms with Crippen LogP contribution in [0, 0.1) is 5.92 Å². The molecule has 1 unspecified atom stereocenters. The Morgan fingerprint density at radius 3 is 2.43 bits per heavy atom. The maximum Gasteiger partial charge on any atom is 0.247 e. The van der Waals surface area contributed by atoms with Crippen molar-refractivity contribution in [3.63, 3.8) is 0 Å². The van der Waals surface area contributed by atoms with Gasteiger partial charge in [0, 0.05) is 25.1 Å². The van der Waals surface area contributed by atoms with Crippen LogP contribution in [0.15, 0.2) is 48.5 Å². The first-order valence-corrected chi connectivity index (χ1v) is 10.1. The molecule has 2 amide bonds. The van der Waals surface area contributed by atoms with Crippen molar-refractivity contribution >= 4 is 17.5 Å². The molecule has 3 rings (SSSR count). The zero-order chi connectivity index (χ0) is 20.3. The predicted octanol–water partition coefficient (Wildman–Crippen LogP) is 4.75. The van der Waals surface area contributed by atoms with E-state index in [9.17, 15) is 9.59 Å². The zero-order valence-corrected chi connectivity index (χ0v) is 17.2. The van der Waals surface area contributed by atoms with Crippen molar-refractivity contribution in [2.75, 3.05) is 5.32 Å². The Labute approximate surface area is 167 Å². The van der Waals surface area contributed by atoms with E-state index < -0.39 is 6.04 Å². The molecule has 1 N–H and O–H groups in total. The van der Waals surface area contributed by atoms with Gasteiger partial charge in [0.05, 0.1) is 0 Å². The molecule has 148 valence electrons. The first-order chi connectivity index (χ1) is 13.3. The van der Waals surface area contributed by atoms with Crippen molar-refractivity contribution in [2.24, 2.45) is 5.92 Å². The van der Waals surface area contributed by atoms with E-state index in [0.717, 1.165) is 16.8 Å². The molecular weight excluding hydrogens is 348 g/mol. The van der Waals surface area contributed by atoms with Gasteiger partial charge in [-0.1, -0.05) is 64.1 Å². The molecule has 2 aromatic carbocycles. The molecular formula is C24H30N2O2. The number of carbonyl (C=O) groups excluding carboxylic acids is 2. The number of rotatable bonds is 5. The van der Waals surface area contributed by atoms with Gasteiger partial charge in [0.2, 0.25) is 11.8 Å². The number of nitrogens with one attached hydrogen (secondary N) is 1. The van der Waals surface area contributed by atoms with Crippen molar-refractivity contribution in [1.82, 2.24) is 4.90 Å². The van der Waals surface area contributed by atoms with Crippen LogP contribution >= 0.6 is 0 Å². The van der Waals surface area contributed by atoms with Crippen LogP contribution < -0.4 is 5.32 Å². The summed E-state index contributed by atoms with van der Waals surface area (Å²) in [7, 11) is 0. The number of hydrogen-bond acceptors (Lipinski definition) is 2. The van der Waals surface area contributed by atoms with Crippen molar-refractivity contribution in [3.05, 3.63) is 65.2 Å². The maximum atomic E-state index is 13.2. The molecule has 0 saturated carbocycles. The Morgan fingerprint density at radius 2 is 1.75 bits per heavy atom. The van der Waals surface area contributed by atoms with Crippen LogP contribution in [-0.2, 0) is 22.6 Å². The van der Waals surface area contributed by atoms with Crippen LogP contribution in [0.1, 0.15) is 56.7 Å². The van der Waals surface area contributed by atoms with Gasteiger partial charge in [-0.25, -0.2) is 0 Å². The molecule has 0 radical (unpaired) electrons. The fourth-order valence-electron chi connectivity index (χ4n) is 3.69. The highest BCUT2D eigenvalue weighted by atomic mass is 16.2. The van der Waals surface area contributed by atoms with Gasteiger partial charge < -0.3 is 10.2 Å². The normalized spacial score (nSPS) is 16.2. The summed E-state index contributed by atoms with van der Waals surface area (Å²) >= 11 is 0. The summed E-state index contributed by atoms with van der Waals surface area (Å²) < 4.78 is 0. The van der Waals surface area contributed by atoms with Crippen LogP contribution in [-0.4, -0.2) is 22.8 Å². The predicted molar refractivity (Wildman–Crippen MR) is 113 cm³/mol. The minimum atomic E-state index is -0.483. The standard InChI is InChI=1S/C24H30N2O2/c1-16(2)12-23(27)26-15-20-9-6-5-8-19(20)14-22(26)24(28)25-21-11-7-10-18(13-21)17(3)4/h5-11,13,16-17,22H,12,14-15H2,1-4H3,(H,25,28). The minimum Gasteiger partial charge on any atom is -0.326 e. The molecule has 0 aromatic heterocycles. The lowest BCUT2D eigenvalue weighted by Gasteiger charge is -2.36. The number of fused-ring (bicyclic) bond motifs is 1. The SMILES string of the molecule is CC(C)CC(=O)N1Cc2ccccc2CC1C(=O)Nc1cccc(C(C)C)c1. The lowest BCUT2D eigenvalue weighted by Crippen LogP contribution is -2.50. The van der Waals surface area contributed by atoms with Crippen molar-refractivity contribution < 1.29 is 9.59 Å². The van der Waals surface area contributed by atoms with Gasteiger partial charge in [0.15, 0.2) is 0 Å². The Morgan fingerprint density at radius 1 is 1.04 bits per heavy atom. The van der Waals surface area contributed by atoms with E-state index in [4.69, 9.17) is 0 Å². The number of anilines is 1. The molecule has 0 spiro atoms. The quantitative estimate of drug-likeness (QED) is 0.816. The van der Waals surface area contributed by atoms with E-state index >= 15 is 0 Å². The number of benzene rings is 2. The third kappa shape index (κ3) is 4.61. The van der Waals surface area contributed by atoms with E-state index in [0.29, 0.717) is 25.3 Å². The zero-order valence-electron chi connectivity index (χ0n) is 17.2. The third-order valence-corrected chi connectivity index (χ3v) is 5.28. The minimum absolute atomic E-state index is 0.0422. The number of hydrogen-bond donors (Lipinski definition) is 1. The first kappa shape index (κ1) is 20.1. The van der Waals surface area contributed by atoms with E-state index in [2.05, 4.69) is 31.3 Å². The Bertz CT molecular complexity index is 857. The number of amides is 2. The summed E-state index contributed by atoms with van der Waals surface area (Å²) in [5, 5.41) is 3.04. The van der Waals surface area contributed by atoms with Gasteiger partial charge in [0.1, 0.15) is 6.04 Å². The van der Waals surface area contributed by atoms with E-state index in [1.54, 1.807) is 4.90 Å². The number of nitrogens with zero attached hydrogens (tertiary/aromatic N) is 1. The molecule has 4 heteroatoms. The fourth-order valence-corrected chi connectivity index (χ4v) is 3.69. The van der Waals surface area contributed by atoms with E-state index in [1.807, 2.05) is 50.2 Å². The second-order valence-corrected chi connectivity index (χ2v) is 8.38. The molecule has 1 aliphatic rings. The van der Waals surface area contributed by atoms with Crippen LogP contribution in [0.5, 0.6) is 0 Å². The molecule has 4 nitrogen and oxygen atoms in total. The second-order valence-electron chi connectivity index (χ2n) is 8.38. The summed E-state index contributed by atoms with van der Waals surface area (Å²) in [5.41, 5.74) is 4.24. The summed E-state index contributed by atoms with van der Waals surface area (Å²) in [5.74, 6) is 0.576. The van der Waals surface area contributed by atoms with Gasteiger partial charge in [-0.15, -0.1) is 0 Å². The first-order valence-electron chi connectivity index (χ1n) is 10.1. The van der Waals surface area contributed by atoms with E-state index in [1.165, 1.54) is 5.56 Å². The molecule has 0 fully saturated rings. The van der Waals surface area contributed by atoms with Crippen LogP contribution in [0.2, 0.25) is 0 Å². The highest BCUT2D eigenvalue weighted by Crippen LogP contribution is 2.26. The Hall–Kier alpha value is -2.62. The molecule has 0 aliphatic carbocycles. The van der Waals surface area contributed by atoms with Gasteiger partial charge in [-0.2, -0.15) is 0 Å². The second kappa shape index (κ2) is 8.59. The molecule has 0 saturated heterocycles. The number of carbonyl (C=O) groups is 2. The highest BCUT2D eigenvalue weighted by molar-refractivity contribution is 5.97. The van der Waals surface area contributed by atoms with Gasteiger partial charge in [-0.05, 0) is 40.7 Å². The van der Waals surface area contributed by atoms with Gasteiger partial charge >= 0.3 is 0 Å². The van der Waals surface area contributed by atoms with Crippen molar-refractivity contribution in [1.29, 1.82) is 0 Å². The average Bonchev–Trinajstić information content (AvgIpc) is 2.66. The van der Waals surface area contributed by atoms with E-state index in [-0.39, 0.29) is 17.7 Å². The van der Waals surface area contributed by atoms with Crippen molar-refractivity contribution in [3.8, 4) is 0 Å². The largest absolute Gasteiger partial charge is 0.326 e. The lowest BCUT2D eigenvalue weighted by atomic mass is 9.92. The summed E-state index contributed by atoms with van der Waals surface area (Å²) in [6, 6.07) is 15.5. The molecule has 2 aromatic rings. The van der Waals surface area contributed by atoms with Crippen molar-refractivity contribution in [2.45, 2.75) is 59.0 Å². The van der Waals surface area contributed by atoms with Crippen LogP contribution in [0.25, 0.3) is 0 Å². The molecule has 28 heavy (non-hydrogen) atoms. The molecule has 1 heterocycles. The third-order valence-electron chi connectivity index (χ3n) is 5.28. The smallest absolute Gasteiger partial charge is 0.247 e. The molecule has 1 aliphatic heterocycles. The van der Waals surface area contributed by atoms with Crippen LogP contribution in [0.3, 0.4) is 0 Å². The summed E-state index contributed by atoms with van der Waals surface area (Å²) in [4.78, 5) is 27.8. The fraction of sp³-hybridized carbons (Fsp3) is 0.417. The Balaban J connectivity index is 1.84. The van der Waals surface area contributed by atoms with Crippen LogP contribution in [0.4, 0.5) is 5.69 Å².